The molecule has 0 saturated carbocycles. The highest BCUT2D eigenvalue weighted by molar-refractivity contribution is 5.76. The smallest absolute Gasteiger partial charge is 0.435 e. The standard InChI is InChI=1S/C23H27N5O4/c1-3-31-22(29)26-21-19-18(15-10-6-5-7-11-15)16-12-8-9-13-17(16)25-20(19)24-14-28(21)27-23(30)32-4-2/h5-7,10-11,14,18,25H,3-4,8-9,12-13H2,1-2H3,(H,27,30)/b26-21-. The van der Waals surface area contributed by atoms with Crippen molar-refractivity contribution in [2.75, 3.05) is 24.0 Å². The third-order valence-electron chi connectivity index (χ3n) is 5.53. The molecule has 32 heavy (non-hydrogen) atoms. The Balaban J connectivity index is 1.94. The number of aromatic nitrogens is 2. The van der Waals surface area contributed by atoms with Crippen LogP contribution in [0.5, 0.6) is 0 Å². The van der Waals surface area contributed by atoms with E-state index in [4.69, 9.17) is 9.47 Å². The molecule has 2 amide bonds. The van der Waals surface area contributed by atoms with Gasteiger partial charge in [-0.3, -0.25) is 0 Å². The SMILES string of the molecule is CCOC(=O)/N=c1/c2c(ncn1NC(=O)OCC)NC1=C(CCCC1)C2c1ccccc1. The molecule has 0 spiro atoms. The minimum Gasteiger partial charge on any atom is -0.449 e. The van der Waals surface area contributed by atoms with E-state index in [2.05, 4.69) is 32.9 Å². The zero-order chi connectivity index (χ0) is 22.5. The first kappa shape index (κ1) is 21.6. The van der Waals surface area contributed by atoms with Gasteiger partial charge in [-0.25, -0.2) is 24.7 Å². The molecule has 0 fully saturated rings. The number of benzene rings is 1. The van der Waals surface area contributed by atoms with Gasteiger partial charge in [-0.15, -0.1) is 0 Å². The summed E-state index contributed by atoms with van der Waals surface area (Å²) in [5.41, 5.74) is 7.06. The van der Waals surface area contributed by atoms with Crippen molar-refractivity contribution in [1.29, 1.82) is 0 Å². The molecule has 0 radical (unpaired) electrons. The van der Waals surface area contributed by atoms with Crippen molar-refractivity contribution in [3.8, 4) is 0 Å². The highest BCUT2D eigenvalue weighted by atomic mass is 16.6. The summed E-state index contributed by atoms with van der Waals surface area (Å²) < 4.78 is 11.4. The fourth-order valence-corrected chi connectivity index (χ4v) is 4.26. The number of carbonyl (C=O) groups is 2. The van der Waals surface area contributed by atoms with Crippen LogP contribution in [0.1, 0.15) is 56.6 Å². The Morgan fingerprint density at radius 2 is 1.91 bits per heavy atom. The lowest BCUT2D eigenvalue weighted by Gasteiger charge is -2.34. The molecule has 2 heterocycles. The van der Waals surface area contributed by atoms with Crippen molar-refractivity contribution in [3.63, 3.8) is 0 Å². The van der Waals surface area contributed by atoms with Crippen molar-refractivity contribution >= 4 is 18.0 Å². The first-order valence-electron chi connectivity index (χ1n) is 10.9. The second-order valence-corrected chi connectivity index (χ2v) is 7.52. The highest BCUT2D eigenvalue weighted by Gasteiger charge is 2.33. The Kier molecular flexibility index (Phi) is 6.53. The normalized spacial score (nSPS) is 17.7. The summed E-state index contributed by atoms with van der Waals surface area (Å²) in [5, 5.41) is 3.45. The summed E-state index contributed by atoms with van der Waals surface area (Å²) in [5.74, 6) is 0.462. The molecule has 1 aliphatic heterocycles. The first-order chi connectivity index (χ1) is 15.6. The first-order valence-corrected chi connectivity index (χ1v) is 10.9. The molecule has 1 aromatic carbocycles. The maximum absolute atomic E-state index is 12.4. The molecule has 1 aromatic heterocycles. The van der Waals surface area contributed by atoms with E-state index in [1.807, 2.05) is 18.2 Å². The van der Waals surface area contributed by atoms with E-state index < -0.39 is 12.2 Å². The van der Waals surface area contributed by atoms with Gasteiger partial charge in [0, 0.05) is 11.6 Å². The third-order valence-corrected chi connectivity index (χ3v) is 5.53. The number of anilines is 1. The zero-order valence-electron chi connectivity index (χ0n) is 18.3. The Morgan fingerprint density at radius 1 is 1.16 bits per heavy atom. The molecule has 2 aliphatic rings. The van der Waals surface area contributed by atoms with Crippen molar-refractivity contribution in [3.05, 3.63) is 64.5 Å². The minimum atomic E-state index is -0.740. The average Bonchev–Trinajstić information content (AvgIpc) is 2.80. The van der Waals surface area contributed by atoms with Crippen molar-refractivity contribution < 1.29 is 19.1 Å². The summed E-state index contributed by atoms with van der Waals surface area (Å²) in [7, 11) is 0. The number of ether oxygens (including phenoxy) is 2. The summed E-state index contributed by atoms with van der Waals surface area (Å²) in [6.45, 7) is 3.83. The Bertz CT molecular complexity index is 1110. The fourth-order valence-electron chi connectivity index (χ4n) is 4.26. The molecule has 168 valence electrons. The van der Waals surface area contributed by atoms with Crippen molar-refractivity contribution in [1.82, 2.24) is 9.66 Å². The van der Waals surface area contributed by atoms with Gasteiger partial charge in [0.2, 0.25) is 0 Å². The number of hydrogen-bond donors (Lipinski definition) is 2. The summed E-state index contributed by atoms with van der Waals surface area (Å²) in [6, 6.07) is 10.1. The van der Waals surface area contributed by atoms with Gasteiger partial charge in [-0.1, -0.05) is 30.3 Å². The van der Waals surface area contributed by atoms with Crippen LogP contribution < -0.4 is 16.2 Å². The quantitative estimate of drug-likeness (QED) is 0.748. The van der Waals surface area contributed by atoms with E-state index in [9.17, 15) is 9.59 Å². The number of carbonyl (C=O) groups excluding carboxylic acids is 2. The van der Waals surface area contributed by atoms with Gasteiger partial charge in [0.1, 0.15) is 12.1 Å². The van der Waals surface area contributed by atoms with Crippen LogP contribution in [-0.2, 0) is 9.47 Å². The largest absolute Gasteiger partial charge is 0.449 e. The molecule has 9 heteroatoms. The third kappa shape index (κ3) is 4.37. The predicted molar refractivity (Wildman–Crippen MR) is 119 cm³/mol. The van der Waals surface area contributed by atoms with Crippen LogP contribution in [0.4, 0.5) is 15.4 Å². The van der Waals surface area contributed by atoms with E-state index in [0.717, 1.165) is 31.2 Å². The molecular weight excluding hydrogens is 410 g/mol. The van der Waals surface area contributed by atoms with Gasteiger partial charge in [0.05, 0.1) is 18.8 Å². The molecule has 1 aliphatic carbocycles. The van der Waals surface area contributed by atoms with E-state index in [1.165, 1.54) is 22.3 Å². The average molecular weight is 438 g/mol. The zero-order valence-corrected chi connectivity index (χ0v) is 18.3. The van der Waals surface area contributed by atoms with Crippen LogP contribution in [0, 0.1) is 0 Å². The maximum atomic E-state index is 12.4. The number of allylic oxidation sites excluding steroid dienone is 2. The summed E-state index contributed by atoms with van der Waals surface area (Å²) in [4.78, 5) is 33.3. The highest BCUT2D eigenvalue weighted by Crippen LogP contribution is 2.44. The number of rotatable bonds is 4. The molecule has 4 rings (SSSR count). The maximum Gasteiger partial charge on any atom is 0.435 e. The van der Waals surface area contributed by atoms with E-state index in [0.29, 0.717) is 11.4 Å². The molecule has 2 aromatic rings. The predicted octanol–water partition coefficient (Wildman–Crippen LogP) is 4.03. The van der Waals surface area contributed by atoms with Gasteiger partial charge in [-0.2, -0.15) is 4.99 Å². The van der Waals surface area contributed by atoms with Crippen molar-refractivity contribution in [2.45, 2.75) is 45.4 Å². The molecular formula is C23H27N5O4. The lowest BCUT2D eigenvalue weighted by Crippen LogP contribution is -2.40. The molecule has 1 atom stereocenters. The summed E-state index contributed by atoms with van der Waals surface area (Å²) >= 11 is 0. The number of hydrogen-bond acceptors (Lipinski definition) is 6. The van der Waals surface area contributed by atoms with E-state index >= 15 is 0 Å². The number of fused-ring (bicyclic) bond motifs is 1. The van der Waals surface area contributed by atoms with Crippen LogP contribution in [0.15, 0.2) is 52.9 Å². The summed E-state index contributed by atoms with van der Waals surface area (Å²) in [6.07, 6.45) is 4.08. The van der Waals surface area contributed by atoms with Crippen LogP contribution in [0.25, 0.3) is 0 Å². The second kappa shape index (κ2) is 9.67. The molecule has 0 bridgehead atoms. The monoisotopic (exact) mass is 437 g/mol. The Hall–Kier alpha value is -3.62. The lowest BCUT2D eigenvalue weighted by atomic mass is 9.77. The van der Waals surface area contributed by atoms with Crippen molar-refractivity contribution in [2.24, 2.45) is 4.99 Å². The molecule has 1 unspecified atom stereocenters. The van der Waals surface area contributed by atoms with Gasteiger partial charge in [0.15, 0.2) is 5.49 Å². The Morgan fingerprint density at radius 3 is 2.66 bits per heavy atom. The Labute approximate surface area is 186 Å². The molecule has 9 nitrogen and oxygen atoms in total. The number of nitrogens with one attached hydrogen (secondary N) is 2. The van der Waals surface area contributed by atoms with E-state index in [-0.39, 0.29) is 24.6 Å². The second-order valence-electron chi connectivity index (χ2n) is 7.52. The minimum absolute atomic E-state index is 0.153. The number of nitrogens with zero attached hydrogens (tertiary/aromatic N) is 3. The fraction of sp³-hybridized carbons (Fsp3) is 0.391. The van der Waals surface area contributed by atoms with Crippen LogP contribution in [-0.4, -0.2) is 35.1 Å². The van der Waals surface area contributed by atoms with Gasteiger partial charge >= 0.3 is 12.2 Å². The lowest BCUT2D eigenvalue weighted by molar-refractivity contribution is 0.160. The van der Waals surface area contributed by atoms with Crippen LogP contribution >= 0.6 is 0 Å². The molecule has 0 saturated heterocycles. The van der Waals surface area contributed by atoms with Crippen LogP contribution in [0.3, 0.4) is 0 Å². The van der Waals surface area contributed by atoms with Gasteiger partial charge in [0.25, 0.3) is 0 Å². The van der Waals surface area contributed by atoms with E-state index in [1.54, 1.807) is 13.8 Å². The van der Waals surface area contributed by atoms with Gasteiger partial charge in [-0.05, 0) is 50.7 Å². The number of amides is 2. The molecule has 2 N–H and O–H groups in total. The van der Waals surface area contributed by atoms with Gasteiger partial charge < -0.3 is 14.8 Å². The topological polar surface area (TPSA) is 107 Å². The van der Waals surface area contributed by atoms with Crippen LogP contribution in [0.2, 0.25) is 0 Å².